The quantitative estimate of drug-likeness (QED) is 0.658. The lowest BCUT2D eigenvalue weighted by atomic mass is 10.1. The number of halogens is 1. The number of carbonyl (C=O) groups is 1. The second kappa shape index (κ2) is 9.79. The number of ether oxygens (including phenoxy) is 2. The van der Waals surface area contributed by atoms with Gasteiger partial charge in [0.1, 0.15) is 10.6 Å². The van der Waals surface area contributed by atoms with Crippen LogP contribution in [0.15, 0.2) is 41.3 Å². The Morgan fingerprint density at radius 2 is 1.81 bits per heavy atom. The average molecular weight is 481 g/mol. The number of sulfonamides is 1. The van der Waals surface area contributed by atoms with E-state index in [1.807, 2.05) is 40.7 Å². The first-order valence-electron chi connectivity index (χ1n) is 10.5. The highest BCUT2D eigenvalue weighted by molar-refractivity contribution is 7.89. The highest BCUT2D eigenvalue weighted by Crippen LogP contribution is 2.29. The molecule has 1 N–H and O–H groups in total. The van der Waals surface area contributed by atoms with Crippen LogP contribution in [-0.2, 0) is 14.8 Å². The van der Waals surface area contributed by atoms with Crippen LogP contribution in [0.1, 0.15) is 43.6 Å². The van der Waals surface area contributed by atoms with Gasteiger partial charge in [0.15, 0.2) is 0 Å². The van der Waals surface area contributed by atoms with E-state index < -0.39 is 15.9 Å². The molecule has 0 bridgehead atoms. The molecule has 32 heavy (non-hydrogen) atoms. The molecule has 0 aliphatic carbocycles. The summed E-state index contributed by atoms with van der Waals surface area (Å²) in [6.07, 6.45) is -0.421. The monoisotopic (exact) mass is 480 g/mol. The SMILES string of the molecule is Cc1cc(OC(C)C)ccc1NC(=O)c1ccc(Cl)c(S(=O)(=O)N2CC(C)OC(C)C2)c1. The summed E-state index contributed by atoms with van der Waals surface area (Å²) in [4.78, 5) is 12.8. The fraction of sp³-hybridized carbons (Fsp3) is 0.435. The van der Waals surface area contributed by atoms with Gasteiger partial charge in [-0.15, -0.1) is 0 Å². The van der Waals surface area contributed by atoms with Crippen LogP contribution in [0.25, 0.3) is 0 Å². The van der Waals surface area contributed by atoms with Crippen molar-refractivity contribution in [2.24, 2.45) is 0 Å². The van der Waals surface area contributed by atoms with Gasteiger partial charge in [0.25, 0.3) is 5.91 Å². The zero-order valence-electron chi connectivity index (χ0n) is 18.9. The minimum absolute atomic E-state index is 0.0433. The zero-order chi connectivity index (χ0) is 23.6. The van der Waals surface area contributed by atoms with Gasteiger partial charge in [0, 0.05) is 24.3 Å². The standard InChI is InChI=1S/C23H29ClN2O5S/c1-14(2)30-19-7-9-21(15(3)10-19)25-23(27)18-6-8-20(24)22(11-18)32(28,29)26-12-16(4)31-17(5)13-26/h6-11,14,16-17H,12-13H2,1-5H3,(H,25,27). The maximum atomic E-state index is 13.3. The second-order valence-electron chi connectivity index (χ2n) is 8.32. The van der Waals surface area contributed by atoms with Crippen molar-refractivity contribution >= 4 is 33.2 Å². The number of morpholine rings is 1. The van der Waals surface area contributed by atoms with Gasteiger partial charge in [-0.25, -0.2) is 8.42 Å². The minimum Gasteiger partial charge on any atom is -0.491 e. The number of hydrogen-bond donors (Lipinski definition) is 1. The molecule has 2 atom stereocenters. The van der Waals surface area contributed by atoms with Crippen LogP contribution in [0, 0.1) is 6.92 Å². The highest BCUT2D eigenvalue weighted by Gasteiger charge is 2.33. The van der Waals surface area contributed by atoms with E-state index in [1.165, 1.54) is 22.5 Å². The normalized spacial score (nSPS) is 19.7. The smallest absolute Gasteiger partial charge is 0.255 e. The Balaban J connectivity index is 1.84. The van der Waals surface area contributed by atoms with Crippen LogP contribution in [0.2, 0.25) is 5.02 Å². The van der Waals surface area contributed by atoms with Gasteiger partial charge in [-0.2, -0.15) is 4.31 Å². The summed E-state index contributed by atoms with van der Waals surface area (Å²) < 4.78 is 39.2. The van der Waals surface area contributed by atoms with Crippen molar-refractivity contribution in [1.82, 2.24) is 4.31 Å². The average Bonchev–Trinajstić information content (AvgIpc) is 2.69. The third-order valence-corrected chi connectivity index (χ3v) is 7.33. The van der Waals surface area contributed by atoms with Gasteiger partial charge in [-0.1, -0.05) is 11.6 Å². The van der Waals surface area contributed by atoms with Crippen molar-refractivity contribution in [3.05, 3.63) is 52.5 Å². The summed E-state index contributed by atoms with van der Waals surface area (Å²) in [6, 6.07) is 9.64. The predicted molar refractivity (Wildman–Crippen MR) is 125 cm³/mol. The first kappa shape index (κ1) is 24.5. The van der Waals surface area contributed by atoms with Gasteiger partial charge in [-0.3, -0.25) is 4.79 Å². The molecule has 1 aliphatic heterocycles. The summed E-state index contributed by atoms with van der Waals surface area (Å²) in [6.45, 7) is 9.84. The first-order chi connectivity index (χ1) is 15.0. The molecule has 0 spiro atoms. The number of rotatable bonds is 6. The van der Waals surface area contributed by atoms with Gasteiger partial charge >= 0.3 is 0 Å². The van der Waals surface area contributed by atoms with Gasteiger partial charge < -0.3 is 14.8 Å². The molecule has 1 aliphatic rings. The van der Waals surface area contributed by atoms with Crippen molar-refractivity contribution in [3.63, 3.8) is 0 Å². The first-order valence-corrected chi connectivity index (χ1v) is 12.3. The Kier molecular flexibility index (Phi) is 7.50. The van der Waals surface area contributed by atoms with Crippen LogP contribution in [0.4, 0.5) is 5.69 Å². The lowest BCUT2D eigenvalue weighted by molar-refractivity contribution is -0.0440. The summed E-state index contributed by atoms with van der Waals surface area (Å²) in [5.74, 6) is 0.284. The number of benzene rings is 2. The molecule has 1 amide bonds. The molecular weight excluding hydrogens is 452 g/mol. The zero-order valence-corrected chi connectivity index (χ0v) is 20.5. The molecule has 2 aromatic rings. The van der Waals surface area contributed by atoms with Crippen molar-refractivity contribution < 1.29 is 22.7 Å². The largest absolute Gasteiger partial charge is 0.491 e. The molecule has 1 heterocycles. The van der Waals surface area contributed by atoms with E-state index in [9.17, 15) is 13.2 Å². The molecule has 7 nitrogen and oxygen atoms in total. The molecule has 0 radical (unpaired) electrons. The van der Waals surface area contributed by atoms with Gasteiger partial charge in [-0.05, 0) is 76.6 Å². The Hall–Kier alpha value is -2.13. The Morgan fingerprint density at radius 3 is 2.41 bits per heavy atom. The van der Waals surface area contributed by atoms with E-state index in [2.05, 4.69) is 5.32 Å². The molecule has 3 rings (SSSR count). The van der Waals surface area contributed by atoms with Crippen LogP contribution in [0.5, 0.6) is 5.75 Å². The number of anilines is 1. The van der Waals surface area contributed by atoms with Crippen molar-refractivity contribution in [2.75, 3.05) is 18.4 Å². The van der Waals surface area contributed by atoms with Crippen LogP contribution in [0.3, 0.4) is 0 Å². The molecule has 174 valence electrons. The summed E-state index contributed by atoms with van der Waals surface area (Å²) in [5.41, 5.74) is 1.64. The molecule has 1 saturated heterocycles. The van der Waals surface area contributed by atoms with E-state index in [-0.39, 0.29) is 46.9 Å². The topological polar surface area (TPSA) is 84.9 Å². The molecule has 1 fully saturated rings. The predicted octanol–water partition coefficient (Wildman–Crippen LogP) is 4.49. The fourth-order valence-corrected chi connectivity index (χ4v) is 5.72. The fourth-order valence-electron chi connectivity index (χ4n) is 3.62. The van der Waals surface area contributed by atoms with Crippen LogP contribution < -0.4 is 10.1 Å². The number of nitrogens with one attached hydrogen (secondary N) is 1. The van der Waals surface area contributed by atoms with Crippen LogP contribution in [-0.4, -0.2) is 50.0 Å². The number of carbonyl (C=O) groups excluding carboxylic acids is 1. The molecule has 0 aromatic heterocycles. The maximum Gasteiger partial charge on any atom is 0.255 e. The van der Waals surface area contributed by atoms with E-state index in [0.717, 1.165) is 5.56 Å². The molecule has 2 unspecified atom stereocenters. The Morgan fingerprint density at radius 1 is 1.16 bits per heavy atom. The van der Waals surface area contributed by atoms with Crippen LogP contribution >= 0.6 is 11.6 Å². The maximum absolute atomic E-state index is 13.3. The molecular formula is C23H29ClN2O5S. The lowest BCUT2D eigenvalue weighted by Crippen LogP contribution is -2.48. The van der Waals surface area contributed by atoms with E-state index in [4.69, 9.17) is 21.1 Å². The minimum atomic E-state index is -3.89. The van der Waals surface area contributed by atoms with E-state index in [1.54, 1.807) is 12.1 Å². The number of hydrogen-bond acceptors (Lipinski definition) is 5. The molecule has 0 saturated carbocycles. The Labute approximate surface area is 194 Å². The summed E-state index contributed by atoms with van der Waals surface area (Å²) in [5, 5.41) is 2.90. The summed E-state index contributed by atoms with van der Waals surface area (Å²) >= 11 is 6.24. The van der Waals surface area contributed by atoms with E-state index in [0.29, 0.717) is 11.4 Å². The van der Waals surface area contributed by atoms with Crippen molar-refractivity contribution in [1.29, 1.82) is 0 Å². The van der Waals surface area contributed by atoms with E-state index >= 15 is 0 Å². The van der Waals surface area contributed by atoms with Crippen molar-refractivity contribution in [3.8, 4) is 5.75 Å². The van der Waals surface area contributed by atoms with Crippen molar-refractivity contribution in [2.45, 2.75) is 57.8 Å². The second-order valence-corrected chi connectivity index (χ2v) is 10.6. The van der Waals surface area contributed by atoms with Gasteiger partial charge in [0.05, 0.1) is 23.3 Å². The van der Waals surface area contributed by atoms with Gasteiger partial charge in [0.2, 0.25) is 10.0 Å². The number of nitrogens with zero attached hydrogens (tertiary/aromatic N) is 1. The molecule has 9 heteroatoms. The lowest BCUT2D eigenvalue weighted by Gasteiger charge is -2.34. The summed E-state index contributed by atoms with van der Waals surface area (Å²) in [7, 11) is -3.89. The highest BCUT2D eigenvalue weighted by atomic mass is 35.5. The third-order valence-electron chi connectivity index (χ3n) is 5.02. The molecule has 2 aromatic carbocycles. The Bertz CT molecular complexity index is 1090. The number of amides is 1. The number of aryl methyl sites for hydroxylation is 1. The third kappa shape index (κ3) is 5.61.